The van der Waals surface area contributed by atoms with Crippen molar-refractivity contribution in [3.63, 3.8) is 0 Å². The van der Waals surface area contributed by atoms with Crippen LogP contribution < -0.4 is 0 Å². The lowest BCUT2D eigenvalue weighted by atomic mass is 10.0. The van der Waals surface area contributed by atoms with E-state index in [1.165, 1.54) is 17.9 Å². The molecule has 0 atom stereocenters. The molecule has 3 rings (SSSR count). The number of carbonyl (C=O) groups is 5. The summed E-state index contributed by atoms with van der Waals surface area (Å²) in [5.74, 6) is -0.850. The molecule has 0 bridgehead atoms. The molecule has 30 heavy (non-hydrogen) atoms. The van der Waals surface area contributed by atoms with Gasteiger partial charge in [0.05, 0.1) is 11.1 Å². The van der Waals surface area contributed by atoms with Gasteiger partial charge in [-0.05, 0) is 31.0 Å². The Morgan fingerprint density at radius 1 is 0.900 bits per heavy atom. The van der Waals surface area contributed by atoms with Gasteiger partial charge < -0.3 is 14.6 Å². The van der Waals surface area contributed by atoms with Crippen molar-refractivity contribution < 1.29 is 24.0 Å². The van der Waals surface area contributed by atoms with Crippen molar-refractivity contribution in [2.24, 2.45) is 5.92 Å². The summed E-state index contributed by atoms with van der Waals surface area (Å²) in [6.07, 6.45) is 0.421. The van der Waals surface area contributed by atoms with Crippen molar-refractivity contribution in [3.8, 4) is 0 Å². The van der Waals surface area contributed by atoms with Crippen molar-refractivity contribution in [2.75, 3.05) is 32.7 Å². The van der Waals surface area contributed by atoms with Crippen LogP contribution in [0.1, 0.15) is 64.7 Å². The highest BCUT2D eigenvalue weighted by Gasteiger charge is 2.36. The maximum atomic E-state index is 12.9. The van der Waals surface area contributed by atoms with Crippen molar-refractivity contribution >= 4 is 29.4 Å². The molecule has 2 heterocycles. The fourth-order valence-electron chi connectivity index (χ4n) is 3.74. The second kappa shape index (κ2) is 8.77. The number of ketones is 1. The summed E-state index contributed by atoms with van der Waals surface area (Å²) in [6.45, 7) is 7.25. The lowest BCUT2D eigenvalue weighted by molar-refractivity contribution is -0.134. The Bertz CT molecular complexity index is 900. The Morgan fingerprint density at radius 2 is 1.50 bits per heavy atom. The number of hydrogen-bond donors (Lipinski definition) is 0. The van der Waals surface area contributed by atoms with Crippen LogP contribution in [0.2, 0.25) is 0 Å². The molecule has 160 valence electrons. The minimum Gasteiger partial charge on any atom is -0.339 e. The van der Waals surface area contributed by atoms with Crippen molar-refractivity contribution in [3.05, 3.63) is 34.9 Å². The summed E-state index contributed by atoms with van der Waals surface area (Å²) in [6, 6.07) is 4.63. The lowest BCUT2D eigenvalue weighted by Gasteiger charge is -2.35. The zero-order chi connectivity index (χ0) is 22.0. The summed E-state index contributed by atoms with van der Waals surface area (Å²) in [5, 5.41) is 0. The zero-order valence-corrected chi connectivity index (χ0v) is 17.6. The predicted molar refractivity (Wildman–Crippen MR) is 109 cm³/mol. The summed E-state index contributed by atoms with van der Waals surface area (Å²) in [7, 11) is 0. The van der Waals surface area contributed by atoms with Crippen molar-refractivity contribution in [1.29, 1.82) is 0 Å². The average Bonchev–Trinajstić information content (AvgIpc) is 2.95. The smallest absolute Gasteiger partial charge is 0.261 e. The molecule has 0 N–H and O–H groups in total. The van der Waals surface area contributed by atoms with E-state index in [-0.39, 0.29) is 53.7 Å². The second-order valence-electron chi connectivity index (χ2n) is 8.25. The van der Waals surface area contributed by atoms with E-state index in [9.17, 15) is 24.0 Å². The van der Waals surface area contributed by atoms with Crippen LogP contribution >= 0.6 is 0 Å². The van der Waals surface area contributed by atoms with Gasteiger partial charge in [-0.2, -0.15) is 0 Å². The predicted octanol–water partition coefficient (Wildman–Crippen LogP) is 1.59. The molecule has 0 aliphatic carbocycles. The van der Waals surface area contributed by atoms with E-state index in [4.69, 9.17) is 0 Å². The Morgan fingerprint density at radius 3 is 2.10 bits per heavy atom. The number of piperazine rings is 1. The fourth-order valence-corrected chi connectivity index (χ4v) is 3.74. The molecule has 1 fully saturated rings. The van der Waals surface area contributed by atoms with Gasteiger partial charge in [0, 0.05) is 51.1 Å². The van der Waals surface area contributed by atoms with Crippen LogP contribution in [0.25, 0.3) is 0 Å². The number of fused-ring (bicyclic) bond motifs is 1. The third-order valence-electron chi connectivity index (χ3n) is 5.38. The van der Waals surface area contributed by atoms with E-state index in [0.717, 1.165) is 0 Å². The van der Waals surface area contributed by atoms with Crippen molar-refractivity contribution in [1.82, 2.24) is 14.7 Å². The van der Waals surface area contributed by atoms with E-state index in [1.54, 1.807) is 21.9 Å². The minimum absolute atomic E-state index is 0.0197. The Kier molecular flexibility index (Phi) is 6.34. The van der Waals surface area contributed by atoms with Gasteiger partial charge in [-0.1, -0.05) is 13.8 Å². The van der Waals surface area contributed by atoms with Crippen LogP contribution in [-0.2, 0) is 9.59 Å². The van der Waals surface area contributed by atoms with Crippen LogP contribution in [0.5, 0.6) is 0 Å². The molecular formula is C22H27N3O5. The highest BCUT2D eigenvalue weighted by Crippen LogP contribution is 2.25. The normalized spacial score (nSPS) is 16.3. The number of nitrogens with zero attached hydrogens (tertiary/aromatic N) is 3. The van der Waals surface area contributed by atoms with Gasteiger partial charge in [0.1, 0.15) is 5.78 Å². The number of benzene rings is 1. The number of imide groups is 1. The van der Waals surface area contributed by atoms with E-state index in [1.807, 2.05) is 13.8 Å². The van der Waals surface area contributed by atoms with Crippen LogP contribution in [0, 0.1) is 5.92 Å². The summed E-state index contributed by atoms with van der Waals surface area (Å²) in [5.41, 5.74) is 0.959. The standard InChI is InChI=1S/C22H27N3O5/c1-14(2)13-25-21(29)17-6-5-16(12-18(17)22(25)30)20(28)24-10-8-23(9-11-24)19(27)7-4-15(3)26/h5-6,12,14H,4,7-11,13H2,1-3H3. The SMILES string of the molecule is CC(=O)CCC(=O)N1CCN(C(=O)c2ccc3c(c2)C(=O)N(CC(C)C)C3=O)CC1. The summed E-state index contributed by atoms with van der Waals surface area (Å²) < 4.78 is 0. The first-order valence-corrected chi connectivity index (χ1v) is 10.3. The van der Waals surface area contributed by atoms with Gasteiger partial charge in [0.25, 0.3) is 17.7 Å². The molecule has 8 nitrogen and oxygen atoms in total. The average molecular weight is 413 g/mol. The molecule has 1 saturated heterocycles. The van der Waals surface area contributed by atoms with Crippen LogP contribution in [0.15, 0.2) is 18.2 Å². The molecule has 4 amide bonds. The zero-order valence-electron chi connectivity index (χ0n) is 17.6. The third kappa shape index (κ3) is 4.42. The number of rotatable bonds is 6. The number of carbonyl (C=O) groups excluding carboxylic acids is 5. The highest BCUT2D eigenvalue weighted by atomic mass is 16.2. The second-order valence-corrected chi connectivity index (χ2v) is 8.25. The monoisotopic (exact) mass is 413 g/mol. The molecule has 0 radical (unpaired) electrons. The van der Waals surface area contributed by atoms with E-state index in [2.05, 4.69) is 0 Å². The molecule has 1 aromatic carbocycles. The van der Waals surface area contributed by atoms with E-state index < -0.39 is 0 Å². The van der Waals surface area contributed by atoms with Gasteiger partial charge >= 0.3 is 0 Å². The molecule has 0 saturated carbocycles. The summed E-state index contributed by atoms with van der Waals surface area (Å²) in [4.78, 5) is 65.8. The minimum atomic E-state index is -0.362. The number of Topliss-reactive ketones (excluding diaryl/α,β-unsaturated/α-hetero) is 1. The Labute approximate surface area is 175 Å². The van der Waals surface area contributed by atoms with Gasteiger partial charge in [-0.15, -0.1) is 0 Å². The van der Waals surface area contributed by atoms with Crippen LogP contribution in [0.4, 0.5) is 0 Å². The molecule has 0 spiro atoms. The Hall–Kier alpha value is -3.03. The molecule has 2 aliphatic rings. The first-order chi connectivity index (χ1) is 14.2. The summed E-state index contributed by atoms with van der Waals surface area (Å²) >= 11 is 0. The van der Waals surface area contributed by atoms with E-state index >= 15 is 0 Å². The highest BCUT2D eigenvalue weighted by molar-refractivity contribution is 6.22. The Balaban J connectivity index is 1.65. The molecule has 1 aromatic rings. The van der Waals surface area contributed by atoms with Gasteiger partial charge in [-0.3, -0.25) is 24.1 Å². The van der Waals surface area contributed by atoms with Gasteiger partial charge in [0.2, 0.25) is 5.91 Å². The maximum Gasteiger partial charge on any atom is 0.261 e. The van der Waals surface area contributed by atoms with Crippen molar-refractivity contribution in [2.45, 2.75) is 33.6 Å². The quantitative estimate of drug-likeness (QED) is 0.660. The van der Waals surface area contributed by atoms with Gasteiger partial charge in [-0.25, -0.2) is 0 Å². The lowest BCUT2D eigenvalue weighted by Crippen LogP contribution is -2.50. The van der Waals surface area contributed by atoms with Crippen LogP contribution in [-0.4, -0.2) is 76.8 Å². The first-order valence-electron chi connectivity index (χ1n) is 10.3. The molecular weight excluding hydrogens is 386 g/mol. The third-order valence-corrected chi connectivity index (χ3v) is 5.38. The number of hydrogen-bond acceptors (Lipinski definition) is 5. The van der Waals surface area contributed by atoms with E-state index in [0.29, 0.717) is 43.9 Å². The fraction of sp³-hybridized carbons (Fsp3) is 0.500. The first kappa shape index (κ1) is 21.7. The molecule has 0 aromatic heterocycles. The molecule has 8 heteroatoms. The van der Waals surface area contributed by atoms with Gasteiger partial charge in [0.15, 0.2) is 0 Å². The largest absolute Gasteiger partial charge is 0.339 e. The maximum absolute atomic E-state index is 12.9. The number of amides is 4. The topological polar surface area (TPSA) is 95.1 Å². The molecule has 2 aliphatic heterocycles. The molecule has 0 unspecified atom stereocenters. The van der Waals surface area contributed by atoms with Crippen LogP contribution in [0.3, 0.4) is 0 Å².